The molecule has 2 rings (SSSR count). The minimum atomic E-state index is -0.431. The predicted molar refractivity (Wildman–Crippen MR) is 67.2 cm³/mol. The molecule has 3 N–H and O–H groups in total. The van der Waals surface area contributed by atoms with E-state index in [0.717, 1.165) is 11.3 Å². The molecule has 0 radical (unpaired) electrons. The molecule has 0 aliphatic rings. The summed E-state index contributed by atoms with van der Waals surface area (Å²) in [4.78, 5) is 7.97. The average molecular weight is 267 g/mol. The molecule has 0 saturated heterocycles. The monoisotopic (exact) mass is 266 g/mol. The minimum Gasteiger partial charge on any atom is -0.271 e. The van der Waals surface area contributed by atoms with Gasteiger partial charge >= 0.3 is 0 Å². The van der Waals surface area contributed by atoms with Crippen LogP contribution in [0, 0.1) is 5.82 Å². The first-order valence-electron chi connectivity index (χ1n) is 5.36. The van der Waals surface area contributed by atoms with Crippen LogP contribution in [0.1, 0.15) is 17.3 Å². The van der Waals surface area contributed by atoms with Gasteiger partial charge in [-0.2, -0.15) is 0 Å². The number of hydrogen-bond acceptors (Lipinski definition) is 4. The molecule has 4 nitrogen and oxygen atoms in total. The van der Waals surface area contributed by atoms with Gasteiger partial charge in [0.15, 0.2) is 0 Å². The third-order valence-electron chi connectivity index (χ3n) is 2.59. The summed E-state index contributed by atoms with van der Waals surface area (Å²) in [7, 11) is 0. The van der Waals surface area contributed by atoms with Crippen LogP contribution < -0.4 is 11.3 Å². The van der Waals surface area contributed by atoms with Crippen molar-refractivity contribution in [3.05, 3.63) is 58.9 Å². The topological polar surface area (TPSA) is 63.8 Å². The zero-order chi connectivity index (χ0) is 13.0. The molecule has 0 saturated carbocycles. The summed E-state index contributed by atoms with van der Waals surface area (Å²) in [5.41, 5.74) is 4.32. The lowest BCUT2D eigenvalue weighted by Crippen LogP contribution is -2.30. The summed E-state index contributed by atoms with van der Waals surface area (Å²) in [6.45, 7) is 0. The van der Waals surface area contributed by atoms with E-state index in [1.54, 1.807) is 24.4 Å². The molecular formula is C12H12ClFN4. The molecule has 2 aromatic rings. The zero-order valence-electron chi connectivity index (χ0n) is 9.48. The molecule has 18 heavy (non-hydrogen) atoms. The number of benzene rings is 1. The fourth-order valence-corrected chi connectivity index (χ4v) is 1.86. The first-order valence-corrected chi connectivity index (χ1v) is 5.74. The average Bonchev–Trinajstić information content (AvgIpc) is 2.41. The van der Waals surface area contributed by atoms with Crippen LogP contribution in [0.2, 0.25) is 5.02 Å². The molecule has 6 heteroatoms. The Morgan fingerprint density at radius 3 is 2.83 bits per heavy atom. The standard InChI is InChI=1S/C12H12ClFN4/c13-9-5-8(1-2-10(9)14)6-12(18-15)11-3-4-16-7-17-11/h1-5,7,12,18H,6,15H2. The Labute approximate surface area is 109 Å². The quantitative estimate of drug-likeness (QED) is 0.656. The second-order valence-electron chi connectivity index (χ2n) is 3.81. The maximum absolute atomic E-state index is 13.0. The Balaban J connectivity index is 2.18. The molecule has 0 amide bonds. The van der Waals surface area contributed by atoms with Gasteiger partial charge in [-0.05, 0) is 30.2 Å². The van der Waals surface area contributed by atoms with Crippen molar-refractivity contribution in [3.63, 3.8) is 0 Å². The highest BCUT2D eigenvalue weighted by Gasteiger charge is 2.12. The summed E-state index contributed by atoms with van der Waals surface area (Å²) < 4.78 is 13.0. The highest BCUT2D eigenvalue weighted by atomic mass is 35.5. The Bertz CT molecular complexity index is 521. The van der Waals surface area contributed by atoms with E-state index in [4.69, 9.17) is 17.4 Å². The molecule has 0 aliphatic heterocycles. The highest BCUT2D eigenvalue weighted by molar-refractivity contribution is 6.30. The van der Waals surface area contributed by atoms with Crippen LogP contribution in [0.5, 0.6) is 0 Å². The van der Waals surface area contributed by atoms with Gasteiger partial charge in [0.2, 0.25) is 0 Å². The third-order valence-corrected chi connectivity index (χ3v) is 2.88. The van der Waals surface area contributed by atoms with Gasteiger partial charge in [0.25, 0.3) is 0 Å². The molecular weight excluding hydrogens is 255 g/mol. The molecule has 0 aliphatic carbocycles. The minimum absolute atomic E-state index is 0.103. The SMILES string of the molecule is NNC(Cc1ccc(F)c(Cl)c1)c1ccncn1. The number of nitrogens with one attached hydrogen (secondary N) is 1. The number of rotatable bonds is 4. The lowest BCUT2D eigenvalue weighted by molar-refractivity contribution is 0.536. The number of hydrogen-bond donors (Lipinski definition) is 2. The summed E-state index contributed by atoms with van der Waals surface area (Å²) >= 11 is 5.73. The van der Waals surface area contributed by atoms with Gasteiger partial charge < -0.3 is 0 Å². The first kappa shape index (κ1) is 12.9. The van der Waals surface area contributed by atoms with Gasteiger partial charge in [-0.15, -0.1) is 0 Å². The Morgan fingerprint density at radius 2 is 2.22 bits per heavy atom. The number of aromatic nitrogens is 2. The van der Waals surface area contributed by atoms with Gasteiger partial charge in [-0.25, -0.2) is 14.4 Å². The summed E-state index contributed by atoms with van der Waals surface area (Å²) in [5, 5.41) is 0.103. The Hall–Kier alpha value is -1.56. The van der Waals surface area contributed by atoms with Gasteiger partial charge in [-0.1, -0.05) is 17.7 Å². The van der Waals surface area contributed by atoms with E-state index in [9.17, 15) is 4.39 Å². The molecule has 1 unspecified atom stereocenters. The number of nitrogens with zero attached hydrogens (tertiary/aromatic N) is 2. The number of halogens is 2. The maximum Gasteiger partial charge on any atom is 0.141 e. The van der Waals surface area contributed by atoms with Crippen LogP contribution in [-0.2, 0) is 6.42 Å². The van der Waals surface area contributed by atoms with Crippen molar-refractivity contribution in [2.45, 2.75) is 12.5 Å². The Morgan fingerprint density at radius 1 is 1.39 bits per heavy atom. The lowest BCUT2D eigenvalue weighted by Gasteiger charge is -2.15. The highest BCUT2D eigenvalue weighted by Crippen LogP contribution is 2.20. The van der Waals surface area contributed by atoms with E-state index >= 15 is 0 Å². The summed E-state index contributed by atoms with van der Waals surface area (Å²) in [5.74, 6) is 5.07. The fourth-order valence-electron chi connectivity index (χ4n) is 1.66. The first-order chi connectivity index (χ1) is 8.70. The van der Waals surface area contributed by atoms with E-state index in [1.165, 1.54) is 12.4 Å². The van der Waals surface area contributed by atoms with E-state index in [2.05, 4.69) is 15.4 Å². The van der Waals surface area contributed by atoms with Crippen LogP contribution in [0.3, 0.4) is 0 Å². The van der Waals surface area contributed by atoms with Crippen molar-refractivity contribution in [2.24, 2.45) is 5.84 Å². The van der Waals surface area contributed by atoms with Crippen molar-refractivity contribution in [3.8, 4) is 0 Å². The molecule has 0 spiro atoms. The number of hydrazine groups is 1. The predicted octanol–water partition coefficient (Wildman–Crippen LogP) is 2.02. The smallest absolute Gasteiger partial charge is 0.141 e. The summed E-state index contributed by atoms with van der Waals surface area (Å²) in [6.07, 6.45) is 3.66. The second-order valence-corrected chi connectivity index (χ2v) is 4.21. The number of nitrogens with two attached hydrogens (primary N) is 1. The van der Waals surface area contributed by atoms with Gasteiger partial charge in [0.05, 0.1) is 16.8 Å². The van der Waals surface area contributed by atoms with Gasteiger partial charge in [0.1, 0.15) is 12.1 Å². The van der Waals surface area contributed by atoms with Crippen molar-refractivity contribution in [1.82, 2.24) is 15.4 Å². The van der Waals surface area contributed by atoms with Crippen molar-refractivity contribution in [1.29, 1.82) is 0 Å². The van der Waals surface area contributed by atoms with Crippen LogP contribution in [0.4, 0.5) is 4.39 Å². The van der Waals surface area contributed by atoms with Crippen molar-refractivity contribution < 1.29 is 4.39 Å². The van der Waals surface area contributed by atoms with Crippen molar-refractivity contribution in [2.75, 3.05) is 0 Å². The van der Waals surface area contributed by atoms with Crippen LogP contribution in [0.25, 0.3) is 0 Å². The van der Waals surface area contributed by atoms with E-state index in [-0.39, 0.29) is 11.1 Å². The summed E-state index contributed by atoms with van der Waals surface area (Å²) in [6, 6.07) is 6.20. The molecule has 1 aromatic heterocycles. The second kappa shape index (κ2) is 5.86. The molecule has 0 fully saturated rings. The molecule has 0 bridgehead atoms. The van der Waals surface area contributed by atoms with Crippen LogP contribution in [0.15, 0.2) is 36.8 Å². The van der Waals surface area contributed by atoms with Crippen molar-refractivity contribution >= 4 is 11.6 Å². The van der Waals surface area contributed by atoms with Gasteiger partial charge in [0, 0.05) is 6.20 Å². The molecule has 1 aromatic carbocycles. The third kappa shape index (κ3) is 3.01. The largest absolute Gasteiger partial charge is 0.271 e. The van der Waals surface area contributed by atoms with Crippen LogP contribution in [-0.4, -0.2) is 9.97 Å². The van der Waals surface area contributed by atoms with E-state index in [0.29, 0.717) is 6.42 Å². The van der Waals surface area contributed by atoms with Gasteiger partial charge in [-0.3, -0.25) is 11.3 Å². The Kier molecular flexibility index (Phi) is 4.19. The molecule has 1 heterocycles. The van der Waals surface area contributed by atoms with Crippen LogP contribution >= 0.6 is 11.6 Å². The lowest BCUT2D eigenvalue weighted by atomic mass is 10.0. The molecule has 1 atom stereocenters. The fraction of sp³-hybridized carbons (Fsp3) is 0.167. The zero-order valence-corrected chi connectivity index (χ0v) is 10.2. The van der Waals surface area contributed by atoms with E-state index in [1.807, 2.05) is 0 Å². The maximum atomic E-state index is 13.0. The van der Waals surface area contributed by atoms with E-state index < -0.39 is 5.82 Å². The molecule has 94 valence electrons. The normalized spacial score (nSPS) is 12.4.